The van der Waals surface area contributed by atoms with E-state index in [1.807, 2.05) is 0 Å². The van der Waals surface area contributed by atoms with Crippen LogP contribution in [0.5, 0.6) is 0 Å². The van der Waals surface area contributed by atoms with Crippen molar-refractivity contribution in [3.05, 3.63) is 52.6 Å². The van der Waals surface area contributed by atoms with Crippen LogP contribution in [0.1, 0.15) is 12.5 Å². The van der Waals surface area contributed by atoms with Gasteiger partial charge in [0.2, 0.25) is 0 Å². The first kappa shape index (κ1) is 22.3. The third-order valence-electron chi connectivity index (χ3n) is 5.47. The number of rotatable bonds is 4. The highest BCUT2D eigenvalue weighted by Crippen LogP contribution is 2.40. The second-order valence-corrected chi connectivity index (χ2v) is 7.54. The van der Waals surface area contributed by atoms with Crippen molar-refractivity contribution in [1.29, 1.82) is 0 Å². The fraction of sp³-hybridized carbons (Fsp3) is 0.381. The number of hydrogen-bond acceptors (Lipinski definition) is 8. The van der Waals surface area contributed by atoms with Crippen LogP contribution in [0.4, 0.5) is 18.9 Å². The van der Waals surface area contributed by atoms with Crippen LogP contribution in [0.2, 0.25) is 0 Å². The number of furan rings is 1. The number of hydrogen-bond donors (Lipinski definition) is 4. The van der Waals surface area contributed by atoms with Crippen LogP contribution in [0.25, 0.3) is 22.3 Å². The van der Waals surface area contributed by atoms with Gasteiger partial charge in [-0.15, -0.1) is 0 Å². The van der Waals surface area contributed by atoms with E-state index in [2.05, 4.69) is 5.32 Å². The number of alkyl halides is 3. The Morgan fingerprint density at radius 1 is 1.16 bits per heavy atom. The van der Waals surface area contributed by atoms with Crippen LogP contribution in [-0.2, 0) is 10.9 Å². The average Bonchev–Trinajstić information content (AvgIpc) is 3.26. The van der Waals surface area contributed by atoms with Crippen LogP contribution in [0.3, 0.4) is 0 Å². The molecule has 0 amide bonds. The Bertz CT molecular complexity index is 1160. The van der Waals surface area contributed by atoms with Crippen molar-refractivity contribution in [3.63, 3.8) is 0 Å². The van der Waals surface area contributed by atoms with Crippen LogP contribution in [0, 0.1) is 0 Å². The Morgan fingerprint density at radius 3 is 2.53 bits per heavy atom. The maximum atomic E-state index is 13.9. The summed E-state index contributed by atoms with van der Waals surface area (Å²) in [5.74, 6) is -0.265. The topological polar surface area (TPSA) is 125 Å². The van der Waals surface area contributed by atoms with Crippen LogP contribution < -0.4 is 10.9 Å². The predicted molar refractivity (Wildman–Crippen MR) is 106 cm³/mol. The molecule has 0 spiro atoms. The molecule has 3 heterocycles. The van der Waals surface area contributed by atoms with Crippen molar-refractivity contribution in [1.82, 2.24) is 0 Å². The standard InChI is InChI=1S/C21H20F3NO7/c1-9-17(19(28)18(27)14(8-26)31-9)25-10-4-5-11-13(7-10)32-20(29)15(12-3-2-6-30-12)16(11)21(22,23)24/h2-7,9,14,17-19,25-28H,8H2,1H3. The van der Waals surface area contributed by atoms with Crippen molar-refractivity contribution in [3.8, 4) is 11.3 Å². The maximum absolute atomic E-state index is 13.9. The Hall–Kier alpha value is -2.86. The van der Waals surface area contributed by atoms with E-state index in [0.717, 1.165) is 12.3 Å². The highest BCUT2D eigenvalue weighted by molar-refractivity contribution is 5.88. The van der Waals surface area contributed by atoms with Gasteiger partial charge in [-0.05, 0) is 31.2 Å². The SMILES string of the molecule is CC1OC(CO)C(O)C(O)C1Nc1ccc2c(C(F)(F)F)c(-c3ccco3)c(=O)oc2c1. The number of aliphatic hydroxyl groups excluding tert-OH is 3. The molecule has 1 fully saturated rings. The lowest BCUT2D eigenvalue weighted by atomic mass is 9.93. The molecule has 32 heavy (non-hydrogen) atoms. The van der Waals surface area contributed by atoms with Crippen molar-refractivity contribution in [2.45, 2.75) is 43.6 Å². The zero-order valence-corrected chi connectivity index (χ0v) is 16.7. The molecule has 1 aliphatic heterocycles. The average molecular weight is 455 g/mol. The van der Waals surface area contributed by atoms with Gasteiger partial charge in [-0.25, -0.2) is 4.79 Å². The Labute approximate surface area is 178 Å². The van der Waals surface area contributed by atoms with Gasteiger partial charge in [0.25, 0.3) is 0 Å². The third-order valence-corrected chi connectivity index (χ3v) is 5.47. The van der Waals surface area contributed by atoms with Crippen LogP contribution in [0.15, 0.2) is 50.2 Å². The number of halogens is 3. The number of ether oxygens (including phenoxy) is 1. The van der Waals surface area contributed by atoms with Gasteiger partial charge in [0.05, 0.1) is 30.6 Å². The molecule has 0 saturated carbocycles. The summed E-state index contributed by atoms with van der Waals surface area (Å²) < 4.78 is 57.4. The summed E-state index contributed by atoms with van der Waals surface area (Å²) in [6.45, 7) is 1.11. The highest BCUT2D eigenvalue weighted by atomic mass is 19.4. The molecule has 1 aromatic carbocycles. The fourth-order valence-corrected chi connectivity index (χ4v) is 3.93. The summed E-state index contributed by atoms with van der Waals surface area (Å²) in [6.07, 6.45) is -8.04. The first-order chi connectivity index (χ1) is 15.1. The zero-order valence-electron chi connectivity index (χ0n) is 16.7. The minimum Gasteiger partial charge on any atom is -0.464 e. The molecule has 5 unspecified atom stereocenters. The van der Waals surface area contributed by atoms with Gasteiger partial charge in [-0.1, -0.05) is 0 Å². The number of nitrogens with one attached hydrogen (secondary N) is 1. The van der Waals surface area contributed by atoms with E-state index >= 15 is 0 Å². The van der Waals surface area contributed by atoms with E-state index in [4.69, 9.17) is 13.6 Å². The molecule has 3 aromatic rings. The fourth-order valence-electron chi connectivity index (χ4n) is 3.93. The van der Waals surface area contributed by atoms with Crippen LogP contribution in [-0.4, -0.2) is 52.4 Å². The Balaban J connectivity index is 1.76. The molecule has 172 valence electrons. The number of benzene rings is 1. The first-order valence-corrected chi connectivity index (χ1v) is 9.72. The minimum absolute atomic E-state index is 0.230. The summed E-state index contributed by atoms with van der Waals surface area (Å²) in [5, 5.41) is 32.3. The monoisotopic (exact) mass is 455 g/mol. The molecule has 4 rings (SSSR count). The number of anilines is 1. The van der Waals surface area contributed by atoms with E-state index in [0.29, 0.717) is 0 Å². The second-order valence-electron chi connectivity index (χ2n) is 7.54. The Morgan fingerprint density at radius 2 is 1.91 bits per heavy atom. The van der Waals surface area contributed by atoms with E-state index in [1.165, 1.54) is 24.3 Å². The number of fused-ring (bicyclic) bond motifs is 1. The second kappa shape index (κ2) is 8.24. The summed E-state index contributed by atoms with van der Waals surface area (Å²) in [6, 6.07) is 5.42. The molecular formula is C21H20F3NO7. The summed E-state index contributed by atoms with van der Waals surface area (Å²) in [5.41, 5.74) is -3.21. The molecule has 0 radical (unpaired) electrons. The quantitative estimate of drug-likeness (QED) is 0.442. The molecule has 0 aliphatic carbocycles. The van der Waals surface area contributed by atoms with Gasteiger partial charge in [0.1, 0.15) is 35.2 Å². The minimum atomic E-state index is -4.86. The third kappa shape index (κ3) is 3.88. The molecule has 4 N–H and O–H groups in total. The first-order valence-electron chi connectivity index (χ1n) is 9.72. The zero-order chi connectivity index (χ0) is 23.2. The highest BCUT2D eigenvalue weighted by Gasteiger charge is 2.43. The summed E-state index contributed by atoms with van der Waals surface area (Å²) in [4.78, 5) is 12.5. The van der Waals surface area contributed by atoms with E-state index in [9.17, 15) is 33.3 Å². The molecule has 2 aromatic heterocycles. The van der Waals surface area contributed by atoms with Crippen molar-refractivity contribution in [2.24, 2.45) is 0 Å². The maximum Gasteiger partial charge on any atom is 0.418 e. The molecule has 11 heteroatoms. The van der Waals surface area contributed by atoms with Crippen molar-refractivity contribution < 1.29 is 42.1 Å². The van der Waals surface area contributed by atoms with E-state index in [-0.39, 0.29) is 22.4 Å². The van der Waals surface area contributed by atoms with Crippen LogP contribution >= 0.6 is 0 Å². The lowest BCUT2D eigenvalue weighted by molar-refractivity contribution is -0.180. The van der Waals surface area contributed by atoms with E-state index in [1.54, 1.807) is 6.92 Å². The smallest absolute Gasteiger partial charge is 0.418 e. The lowest BCUT2D eigenvalue weighted by Crippen LogP contribution is -2.60. The molecule has 0 bridgehead atoms. The van der Waals surface area contributed by atoms with Gasteiger partial charge < -0.3 is 34.2 Å². The molecule has 1 saturated heterocycles. The largest absolute Gasteiger partial charge is 0.464 e. The van der Waals surface area contributed by atoms with Gasteiger partial charge in [0, 0.05) is 17.1 Å². The number of aliphatic hydroxyl groups is 3. The normalized spacial score (nSPS) is 26.4. The van der Waals surface area contributed by atoms with Crippen molar-refractivity contribution in [2.75, 3.05) is 11.9 Å². The van der Waals surface area contributed by atoms with Gasteiger partial charge in [-0.2, -0.15) is 13.2 Å². The van der Waals surface area contributed by atoms with Gasteiger partial charge in [0.15, 0.2) is 0 Å². The molecule has 8 nitrogen and oxygen atoms in total. The Kier molecular flexibility index (Phi) is 5.76. The molecule has 5 atom stereocenters. The molecule has 1 aliphatic rings. The van der Waals surface area contributed by atoms with Gasteiger partial charge in [-0.3, -0.25) is 0 Å². The molecular weight excluding hydrogens is 435 g/mol. The van der Waals surface area contributed by atoms with Gasteiger partial charge >= 0.3 is 11.8 Å². The van der Waals surface area contributed by atoms with E-state index < -0.39 is 60.0 Å². The summed E-state index contributed by atoms with van der Waals surface area (Å²) >= 11 is 0. The van der Waals surface area contributed by atoms with Crippen molar-refractivity contribution >= 4 is 16.7 Å². The summed E-state index contributed by atoms with van der Waals surface area (Å²) in [7, 11) is 0. The lowest BCUT2D eigenvalue weighted by Gasteiger charge is -2.41. The predicted octanol–water partition coefficient (Wildman–Crippen LogP) is 2.35.